The Hall–Kier alpha value is -1.55. The van der Waals surface area contributed by atoms with Gasteiger partial charge in [-0.1, -0.05) is 6.07 Å². The summed E-state index contributed by atoms with van der Waals surface area (Å²) in [6.07, 6.45) is 1.56. The maximum atomic E-state index is 12.4. The van der Waals surface area contributed by atoms with Crippen molar-refractivity contribution in [3.05, 3.63) is 39.4 Å². The van der Waals surface area contributed by atoms with Crippen molar-refractivity contribution in [1.29, 1.82) is 0 Å². The molecule has 0 bridgehead atoms. The Bertz CT molecular complexity index is 895. The van der Waals surface area contributed by atoms with Crippen LogP contribution in [0.3, 0.4) is 0 Å². The molecule has 0 radical (unpaired) electrons. The zero-order chi connectivity index (χ0) is 19.4. The van der Waals surface area contributed by atoms with Crippen LogP contribution in [0.4, 0.5) is 0 Å². The molecule has 0 spiro atoms. The maximum absolute atomic E-state index is 12.4. The Morgan fingerprint density at radius 3 is 2.52 bits per heavy atom. The SMILES string of the molecule is Cc1ccc(C(=O)CCC(=O)N2CCC(NS(=O)(=O)c3cccs3)CC2)s1. The Kier molecular flexibility index (Phi) is 6.46. The van der Waals surface area contributed by atoms with Crippen molar-refractivity contribution < 1.29 is 18.0 Å². The highest BCUT2D eigenvalue weighted by atomic mass is 32.2. The van der Waals surface area contributed by atoms with Crippen molar-refractivity contribution >= 4 is 44.4 Å². The van der Waals surface area contributed by atoms with Crippen LogP contribution in [-0.4, -0.2) is 44.1 Å². The molecular weight excluding hydrogens is 404 g/mol. The van der Waals surface area contributed by atoms with E-state index in [4.69, 9.17) is 0 Å². The van der Waals surface area contributed by atoms with Crippen molar-refractivity contribution in [2.24, 2.45) is 0 Å². The number of sulfonamides is 1. The normalized spacial score (nSPS) is 15.8. The lowest BCUT2D eigenvalue weighted by Gasteiger charge is -2.32. The minimum atomic E-state index is -3.48. The van der Waals surface area contributed by atoms with E-state index in [-0.39, 0.29) is 30.6 Å². The predicted octanol–water partition coefficient (Wildman–Crippen LogP) is 3.05. The van der Waals surface area contributed by atoms with Gasteiger partial charge in [0.2, 0.25) is 15.9 Å². The van der Waals surface area contributed by atoms with Crippen LogP contribution in [0.5, 0.6) is 0 Å². The van der Waals surface area contributed by atoms with E-state index in [9.17, 15) is 18.0 Å². The van der Waals surface area contributed by atoms with Crippen molar-refractivity contribution in [2.45, 2.75) is 42.9 Å². The third kappa shape index (κ3) is 5.25. The van der Waals surface area contributed by atoms with E-state index in [0.29, 0.717) is 35.0 Å². The Morgan fingerprint density at radius 1 is 1.19 bits per heavy atom. The molecule has 1 aliphatic heterocycles. The molecule has 6 nitrogen and oxygen atoms in total. The van der Waals surface area contributed by atoms with Crippen LogP contribution in [-0.2, 0) is 14.8 Å². The minimum Gasteiger partial charge on any atom is -0.343 e. The number of amides is 1. The van der Waals surface area contributed by atoms with Gasteiger partial charge in [0, 0.05) is 36.9 Å². The van der Waals surface area contributed by atoms with E-state index in [0.717, 1.165) is 4.88 Å². The lowest BCUT2D eigenvalue weighted by Crippen LogP contribution is -2.46. The summed E-state index contributed by atoms with van der Waals surface area (Å²) < 4.78 is 27.6. The standard InChI is InChI=1S/C18H22N2O4S3/c1-13-4-6-16(26-13)15(21)5-7-17(22)20-10-8-14(9-11-20)19-27(23,24)18-3-2-12-25-18/h2-4,6,12,14,19H,5,7-11H2,1H3. The van der Waals surface area contributed by atoms with Crippen molar-refractivity contribution in [3.8, 4) is 0 Å². The number of thiophene rings is 2. The fourth-order valence-electron chi connectivity index (χ4n) is 3.03. The first-order valence-corrected chi connectivity index (χ1v) is 12.0. The molecule has 27 heavy (non-hydrogen) atoms. The van der Waals surface area contributed by atoms with Gasteiger partial charge in [0.15, 0.2) is 5.78 Å². The van der Waals surface area contributed by atoms with Crippen molar-refractivity contribution in [1.82, 2.24) is 9.62 Å². The van der Waals surface area contributed by atoms with E-state index >= 15 is 0 Å². The number of likely N-dealkylation sites (tertiary alicyclic amines) is 1. The molecule has 2 aromatic heterocycles. The monoisotopic (exact) mass is 426 g/mol. The number of hydrogen-bond donors (Lipinski definition) is 1. The molecule has 0 aromatic carbocycles. The van der Waals surface area contributed by atoms with Crippen LogP contribution in [0.25, 0.3) is 0 Å². The van der Waals surface area contributed by atoms with E-state index in [1.54, 1.807) is 28.5 Å². The van der Waals surface area contributed by atoms with Crippen LogP contribution in [0.15, 0.2) is 33.9 Å². The first kappa shape index (κ1) is 20.2. The number of aryl methyl sites for hydroxylation is 1. The average molecular weight is 427 g/mol. The summed E-state index contributed by atoms with van der Waals surface area (Å²) in [6, 6.07) is 6.83. The van der Waals surface area contributed by atoms with Gasteiger partial charge in [0.05, 0.1) is 4.88 Å². The molecule has 1 amide bonds. The second-order valence-corrected chi connectivity index (χ2v) is 10.7. The summed E-state index contributed by atoms with van der Waals surface area (Å²) in [4.78, 5) is 28.0. The number of piperidine rings is 1. The summed E-state index contributed by atoms with van der Waals surface area (Å²) in [5.74, 6) is -0.0452. The number of hydrogen-bond acceptors (Lipinski definition) is 6. The number of nitrogens with one attached hydrogen (secondary N) is 1. The van der Waals surface area contributed by atoms with Crippen molar-refractivity contribution in [3.63, 3.8) is 0 Å². The zero-order valence-electron chi connectivity index (χ0n) is 15.0. The van der Waals surface area contributed by atoms with Gasteiger partial charge in [-0.3, -0.25) is 9.59 Å². The lowest BCUT2D eigenvalue weighted by atomic mass is 10.1. The van der Waals surface area contributed by atoms with E-state index in [2.05, 4.69) is 4.72 Å². The third-order valence-corrected chi connectivity index (χ3v) is 8.47. The molecule has 3 heterocycles. The smallest absolute Gasteiger partial charge is 0.250 e. The van der Waals surface area contributed by atoms with Gasteiger partial charge in [-0.15, -0.1) is 22.7 Å². The molecule has 3 rings (SSSR count). The maximum Gasteiger partial charge on any atom is 0.250 e. The molecule has 1 saturated heterocycles. The Morgan fingerprint density at radius 2 is 1.93 bits per heavy atom. The number of Topliss-reactive ketones (excluding diaryl/α,β-unsaturated/α-hetero) is 1. The van der Waals surface area contributed by atoms with Crippen LogP contribution in [0, 0.1) is 6.92 Å². The van der Waals surface area contributed by atoms with E-state index in [1.165, 1.54) is 22.7 Å². The third-order valence-electron chi connectivity index (χ3n) is 4.51. The number of nitrogens with zero attached hydrogens (tertiary/aromatic N) is 1. The number of carbonyl (C=O) groups excluding carboxylic acids is 2. The molecule has 0 aliphatic carbocycles. The molecule has 146 valence electrons. The molecule has 2 aromatic rings. The second kappa shape index (κ2) is 8.64. The lowest BCUT2D eigenvalue weighted by molar-refractivity contribution is -0.132. The molecule has 9 heteroatoms. The first-order valence-electron chi connectivity index (χ1n) is 8.78. The van der Waals surface area contributed by atoms with Gasteiger partial charge < -0.3 is 4.90 Å². The highest BCUT2D eigenvalue weighted by Gasteiger charge is 2.27. The predicted molar refractivity (Wildman–Crippen MR) is 107 cm³/mol. The molecule has 0 unspecified atom stereocenters. The van der Waals surface area contributed by atoms with Gasteiger partial charge >= 0.3 is 0 Å². The fraction of sp³-hybridized carbons (Fsp3) is 0.444. The summed E-state index contributed by atoms with van der Waals surface area (Å²) in [7, 11) is -3.48. The molecule has 1 fully saturated rings. The largest absolute Gasteiger partial charge is 0.343 e. The summed E-state index contributed by atoms with van der Waals surface area (Å²) in [6.45, 7) is 2.95. The molecule has 1 N–H and O–H groups in total. The van der Waals surface area contributed by atoms with Gasteiger partial charge in [-0.2, -0.15) is 0 Å². The van der Waals surface area contributed by atoms with Crippen LogP contribution in [0.2, 0.25) is 0 Å². The van der Waals surface area contributed by atoms with Crippen molar-refractivity contribution in [2.75, 3.05) is 13.1 Å². The number of ketones is 1. The van der Waals surface area contributed by atoms with Crippen LogP contribution >= 0.6 is 22.7 Å². The molecule has 0 saturated carbocycles. The highest BCUT2D eigenvalue weighted by Crippen LogP contribution is 2.20. The molecule has 0 atom stereocenters. The Labute approximate surface area is 167 Å². The Balaban J connectivity index is 1.44. The second-order valence-electron chi connectivity index (χ2n) is 6.54. The van der Waals surface area contributed by atoms with E-state index in [1.807, 2.05) is 13.0 Å². The van der Waals surface area contributed by atoms with Gasteiger partial charge in [-0.05, 0) is 43.3 Å². The van der Waals surface area contributed by atoms with E-state index < -0.39 is 10.0 Å². The fourth-order valence-corrected chi connectivity index (χ4v) is 6.18. The van der Waals surface area contributed by atoms with Crippen LogP contribution in [0.1, 0.15) is 40.2 Å². The molecular formula is C18H22N2O4S3. The summed E-state index contributed by atoms with van der Waals surface area (Å²) >= 11 is 2.64. The highest BCUT2D eigenvalue weighted by molar-refractivity contribution is 7.91. The quantitative estimate of drug-likeness (QED) is 0.690. The minimum absolute atomic E-state index is 0.0000406. The summed E-state index contributed by atoms with van der Waals surface area (Å²) in [5, 5.41) is 1.73. The number of rotatable bonds is 7. The van der Waals surface area contributed by atoms with Gasteiger partial charge in [0.25, 0.3) is 0 Å². The van der Waals surface area contributed by atoms with Gasteiger partial charge in [0.1, 0.15) is 4.21 Å². The zero-order valence-corrected chi connectivity index (χ0v) is 17.5. The first-order chi connectivity index (χ1) is 12.8. The average Bonchev–Trinajstić information content (AvgIpc) is 3.32. The topological polar surface area (TPSA) is 83.6 Å². The van der Waals surface area contributed by atoms with Gasteiger partial charge in [-0.25, -0.2) is 13.1 Å². The van der Waals surface area contributed by atoms with Crippen LogP contribution < -0.4 is 4.72 Å². The number of carbonyl (C=O) groups is 2. The molecule has 1 aliphatic rings. The summed E-state index contributed by atoms with van der Waals surface area (Å²) in [5.41, 5.74) is 0.